The number of unbranched alkanes of at least 4 members (excludes halogenated alkanes) is 26. The van der Waals surface area contributed by atoms with Gasteiger partial charge < -0.3 is 14.2 Å². The first kappa shape index (κ1) is 64.6. The fourth-order valence-corrected chi connectivity index (χ4v) is 7.81. The van der Waals surface area contributed by atoms with E-state index >= 15 is 0 Å². The van der Waals surface area contributed by atoms with Crippen molar-refractivity contribution in [2.75, 3.05) is 13.2 Å². The summed E-state index contributed by atoms with van der Waals surface area (Å²) < 4.78 is 16.8. The summed E-state index contributed by atoms with van der Waals surface area (Å²) in [5, 5.41) is 0. The molecule has 0 bridgehead atoms. The third kappa shape index (κ3) is 53.5. The van der Waals surface area contributed by atoms with Crippen LogP contribution in [0.25, 0.3) is 0 Å². The van der Waals surface area contributed by atoms with E-state index in [1.807, 2.05) is 0 Å². The molecule has 0 N–H and O–H groups in total. The van der Waals surface area contributed by atoms with E-state index in [1.54, 1.807) is 0 Å². The molecule has 0 aliphatic heterocycles. The summed E-state index contributed by atoms with van der Waals surface area (Å²) in [6.45, 7) is 6.47. The van der Waals surface area contributed by atoms with Crippen LogP contribution < -0.4 is 0 Å². The van der Waals surface area contributed by atoms with Crippen molar-refractivity contribution >= 4 is 17.9 Å². The SMILES string of the molecule is CC/C=C\C/C=C\C/C=C\C/C=C\CCCCCCC(=O)OC(COC(=O)CCCCCCC/C=C\CCCCC)COC(=O)CCCCCCCCCCC/C=C\C/C=C\CCCCCCC. The molecule has 0 aromatic rings. The summed E-state index contributed by atoms with van der Waals surface area (Å²) in [5.74, 6) is -0.925. The van der Waals surface area contributed by atoms with Gasteiger partial charge >= 0.3 is 17.9 Å². The summed E-state index contributed by atoms with van der Waals surface area (Å²) >= 11 is 0. The van der Waals surface area contributed by atoms with Gasteiger partial charge in [0, 0.05) is 19.3 Å². The Hall–Kier alpha value is -3.41. The molecule has 0 aliphatic carbocycles. The van der Waals surface area contributed by atoms with Crippen molar-refractivity contribution in [3.05, 3.63) is 85.1 Å². The largest absolute Gasteiger partial charge is 0.462 e. The molecule has 0 radical (unpaired) electrons. The third-order valence-corrected chi connectivity index (χ3v) is 12.1. The molecular formula is C62H106O6. The van der Waals surface area contributed by atoms with Crippen LogP contribution in [-0.4, -0.2) is 37.2 Å². The average molecular weight is 948 g/mol. The summed E-state index contributed by atoms with van der Waals surface area (Å²) in [7, 11) is 0. The van der Waals surface area contributed by atoms with Gasteiger partial charge in [0.25, 0.3) is 0 Å². The normalized spacial score (nSPS) is 12.7. The van der Waals surface area contributed by atoms with Crippen LogP contribution in [0.2, 0.25) is 0 Å². The summed E-state index contributed by atoms with van der Waals surface area (Å²) in [5.41, 5.74) is 0. The predicted molar refractivity (Wildman–Crippen MR) is 293 cm³/mol. The van der Waals surface area contributed by atoms with Crippen molar-refractivity contribution in [2.24, 2.45) is 0 Å². The molecule has 6 nitrogen and oxygen atoms in total. The lowest BCUT2D eigenvalue weighted by Gasteiger charge is -2.18. The van der Waals surface area contributed by atoms with Gasteiger partial charge in [-0.1, -0.05) is 221 Å². The fraction of sp³-hybridized carbons (Fsp3) is 0.726. The minimum Gasteiger partial charge on any atom is -0.462 e. The molecule has 0 aromatic heterocycles. The second-order valence-electron chi connectivity index (χ2n) is 18.8. The number of ether oxygens (including phenoxy) is 3. The molecule has 1 unspecified atom stereocenters. The highest BCUT2D eigenvalue weighted by molar-refractivity contribution is 5.71. The van der Waals surface area contributed by atoms with Crippen molar-refractivity contribution < 1.29 is 28.6 Å². The Morgan fingerprint density at radius 2 is 0.574 bits per heavy atom. The van der Waals surface area contributed by atoms with Crippen LogP contribution in [0, 0.1) is 0 Å². The minimum absolute atomic E-state index is 0.0914. The van der Waals surface area contributed by atoms with Crippen molar-refractivity contribution in [1.82, 2.24) is 0 Å². The van der Waals surface area contributed by atoms with E-state index in [-0.39, 0.29) is 31.1 Å². The Bertz CT molecular complexity index is 1320. The highest BCUT2D eigenvalue weighted by Crippen LogP contribution is 2.14. The van der Waals surface area contributed by atoms with Gasteiger partial charge in [-0.25, -0.2) is 0 Å². The summed E-state index contributed by atoms with van der Waals surface area (Å²) in [6.07, 6.45) is 72.8. The van der Waals surface area contributed by atoms with Gasteiger partial charge in [-0.05, 0) is 116 Å². The number of hydrogen-bond donors (Lipinski definition) is 0. The maximum atomic E-state index is 12.8. The molecule has 390 valence electrons. The smallest absolute Gasteiger partial charge is 0.306 e. The monoisotopic (exact) mass is 947 g/mol. The van der Waals surface area contributed by atoms with Crippen LogP contribution in [0.4, 0.5) is 0 Å². The average Bonchev–Trinajstić information content (AvgIpc) is 3.34. The molecule has 1 atom stereocenters. The third-order valence-electron chi connectivity index (χ3n) is 12.1. The van der Waals surface area contributed by atoms with E-state index in [9.17, 15) is 14.4 Å². The van der Waals surface area contributed by atoms with E-state index < -0.39 is 6.10 Å². The van der Waals surface area contributed by atoms with Gasteiger partial charge in [0.05, 0.1) is 0 Å². The van der Waals surface area contributed by atoms with Crippen LogP contribution in [0.3, 0.4) is 0 Å². The molecular weight excluding hydrogens is 841 g/mol. The van der Waals surface area contributed by atoms with E-state index in [2.05, 4.69) is 106 Å². The van der Waals surface area contributed by atoms with Gasteiger partial charge in [-0.15, -0.1) is 0 Å². The highest BCUT2D eigenvalue weighted by Gasteiger charge is 2.19. The first-order chi connectivity index (χ1) is 33.5. The molecule has 0 saturated heterocycles. The molecule has 0 spiro atoms. The molecule has 0 amide bonds. The zero-order chi connectivity index (χ0) is 49.3. The standard InChI is InChI=1S/C62H106O6/c1-4-7-10-13-16-19-22-25-27-29-30-31-32-34-35-37-40-43-46-49-52-55-61(64)67-58-59(57-66-60(63)54-51-48-45-42-39-24-21-18-15-12-9-6-3)68-62(65)56-53-50-47-44-41-38-36-33-28-26-23-20-17-14-11-8-5-2/h8,11,17-18,20-22,25-26,28-30,36,38,59H,4-7,9-10,12-16,19,23-24,27,31-35,37,39-58H2,1-3H3/b11-8-,20-17-,21-18-,25-22-,28-26-,30-29-,38-36-. The number of rotatable bonds is 51. The van der Waals surface area contributed by atoms with Crippen LogP contribution in [0.15, 0.2) is 85.1 Å². The fourth-order valence-electron chi connectivity index (χ4n) is 7.81. The first-order valence-corrected chi connectivity index (χ1v) is 28.6. The van der Waals surface area contributed by atoms with E-state index in [1.165, 1.54) is 122 Å². The second kappa shape index (κ2) is 56.2. The minimum atomic E-state index is -0.795. The quantitative estimate of drug-likeness (QED) is 0.0262. The molecule has 0 aromatic carbocycles. The van der Waals surface area contributed by atoms with Gasteiger partial charge in [-0.2, -0.15) is 0 Å². The van der Waals surface area contributed by atoms with Gasteiger partial charge in [0.15, 0.2) is 6.10 Å². The van der Waals surface area contributed by atoms with Crippen molar-refractivity contribution in [1.29, 1.82) is 0 Å². The zero-order valence-corrected chi connectivity index (χ0v) is 44.6. The maximum Gasteiger partial charge on any atom is 0.306 e. The lowest BCUT2D eigenvalue weighted by atomic mass is 10.1. The van der Waals surface area contributed by atoms with Crippen molar-refractivity contribution in [2.45, 2.75) is 277 Å². The van der Waals surface area contributed by atoms with Crippen LogP contribution in [0.5, 0.6) is 0 Å². The summed E-state index contributed by atoms with van der Waals surface area (Å²) in [6, 6.07) is 0. The molecule has 0 aliphatic rings. The highest BCUT2D eigenvalue weighted by atomic mass is 16.6. The Kier molecular flexibility index (Phi) is 53.4. The number of allylic oxidation sites excluding steroid dienone is 14. The number of carbonyl (C=O) groups excluding carboxylic acids is 3. The molecule has 6 heteroatoms. The second-order valence-corrected chi connectivity index (χ2v) is 18.8. The molecule has 0 rings (SSSR count). The van der Waals surface area contributed by atoms with Gasteiger partial charge in [0.2, 0.25) is 0 Å². The molecule has 0 fully saturated rings. The lowest BCUT2D eigenvalue weighted by molar-refractivity contribution is -0.167. The number of hydrogen-bond acceptors (Lipinski definition) is 6. The number of esters is 3. The van der Waals surface area contributed by atoms with E-state index in [0.717, 1.165) is 109 Å². The predicted octanol–water partition coefficient (Wildman–Crippen LogP) is 19.2. The van der Waals surface area contributed by atoms with Crippen molar-refractivity contribution in [3.63, 3.8) is 0 Å². The molecule has 0 saturated carbocycles. The summed E-state index contributed by atoms with van der Waals surface area (Å²) in [4.78, 5) is 38.1. The van der Waals surface area contributed by atoms with E-state index in [4.69, 9.17) is 14.2 Å². The van der Waals surface area contributed by atoms with Gasteiger partial charge in [0.1, 0.15) is 13.2 Å². The van der Waals surface area contributed by atoms with Crippen LogP contribution >= 0.6 is 0 Å². The first-order valence-electron chi connectivity index (χ1n) is 28.6. The van der Waals surface area contributed by atoms with Crippen LogP contribution in [0.1, 0.15) is 271 Å². The number of carbonyl (C=O) groups is 3. The van der Waals surface area contributed by atoms with Crippen LogP contribution in [-0.2, 0) is 28.6 Å². The molecule has 0 heterocycles. The molecule has 68 heavy (non-hydrogen) atoms. The zero-order valence-electron chi connectivity index (χ0n) is 44.6. The van der Waals surface area contributed by atoms with Crippen molar-refractivity contribution in [3.8, 4) is 0 Å². The Balaban J connectivity index is 4.39. The Morgan fingerprint density at radius 3 is 0.941 bits per heavy atom. The van der Waals surface area contributed by atoms with Gasteiger partial charge in [-0.3, -0.25) is 14.4 Å². The maximum absolute atomic E-state index is 12.8. The van der Waals surface area contributed by atoms with E-state index in [0.29, 0.717) is 19.3 Å². The Labute approximate surface area is 420 Å². The lowest BCUT2D eigenvalue weighted by Crippen LogP contribution is -2.30. The topological polar surface area (TPSA) is 78.9 Å². The Morgan fingerprint density at radius 1 is 0.309 bits per heavy atom.